The SMILES string of the molecule is CC(C)(C)[C@H]1CNC(=O)[C@@H]1C(=O)NCCc1ccc(F)cc1. The summed E-state index contributed by atoms with van der Waals surface area (Å²) < 4.78 is 12.8. The van der Waals surface area contributed by atoms with E-state index in [2.05, 4.69) is 10.6 Å². The molecule has 0 unspecified atom stereocenters. The minimum atomic E-state index is -0.631. The van der Waals surface area contributed by atoms with E-state index in [-0.39, 0.29) is 29.0 Å². The van der Waals surface area contributed by atoms with Crippen LogP contribution in [0.15, 0.2) is 24.3 Å². The van der Waals surface area contributed by atoms with Crippen molar-refractivity contribution in [1.29, 1.82) is 0 Å². The Morgan fingerprint density at radius 2 is 1.95 bits per heavy atom. The van der Waals surface area contributed by atoms with Gasteiger partial charge in [-0.05, 0) is 29.5 Å². The van der Waals surface area contributed by atoms with Gasteiger partial charge in [0.1, 0.15) is 11.7 Å². The average molecular weight is 306 g/mol. The van der Waals surface area contributed by atoms with Crippen LogP contribution in [0.4, 0.5) is 4.39 Å². The summed E-state index contributed by atoms with van der Waals surface area (Å²) in [5.74, 6) is -1.33. The highest BCUT2D eigenvalue weighted by molar-refractivity contribution is 6.02. The molecule has 1 aliphatic rings. The van der Waals surface area contributed by atoms with Gasteiger partial charge in [0.2, 0.25) is 11.8 Å². The number of rotatable bonds is 4. The Morgan fingerprint density at radius 1 is 1.32 bits per heavy atom. The van der Waals surface area contributed by atoms with Gasteiger partial charge in [0.25, 0.3) is 0 Å². The van der Waals surface area contributed by atoms with Gasteiger partial charge in [0, 0.05) is 19.0 Å². The first-order valence-corrected chi connectivity index (χ1v) is 7.59. The first-order valence-electron chi connectivity index (χ1n) is 7.59. The molecule has 22 heavy (non-hydrogen) atoms. The van der Waals surface area contributed by atoms with E-state index in [1.807, 2.05) is 20.8 Å². The molecule has 1 heterocycles. The van der Waals surface area contributed by atoms with Crippen LogP contribution >= 0.6 is 0 Å². The third kappa shape index (κ3) is 3.84. The highest BCUT2D eigenvalue weighted by atomic mass is 19.1. The van der Waals surface area contributed by atoms with Gasteiger partial charge in [-0.3, -0.25) is 9.59 Å². The molecule has 2 atom stereocenters. The molecule has 0 saturated carbocycles. The molecule has 0 spiro atoms. The lowest BCUT2D eigenvalue weighted by Gasteiger charge is -2.29. The lowest BCUT2D eigenvalue weighted by atomic mass is 9.74. The maximum Gasteiger partial charge on any atom is 0.232 e. The van der Waals surface area contributed by atoms with Crippen LogP contribution in [0.3, 0.4) is 0 Å². The van der Waals surface area contributed by atoms with Crippen molar-refractivity contribution in [2.75, 3.05) is 13.1 Å². The highest BCUT2D eigenvalue weighted by Gasteiger charge is 2.45. The summed E-state index contributed by atoms with van der Waals surface area (Å²) in [6.45, 7) is 7.09. The minimum absolute atomic E-state index is 0.00850. The number of halogens is 1. The summed E-state index contributed by atoms with van der Waals surface area (Å²) in [7, 11) is 0. The second kappa shape index (κ2) is 6.46. The van der Waals surface area contributed by atoms with E-state index >= 15 is 0 Å². The van der Waals surface area contributed by atoms with Crippen LogP contribution in [0.25, 0.3) is 0 Å². The summed E-state index contributed by atoms with van der Waals surface area (Å²) >= 11 is 0. The van der Waals surface area contributed by atoms with E-state index in [4.69, 9.17) is 0 Å². The number of carbonyl (C=O) groups is 2. The Morgan fingerprint density at radius 3 is 2.55 bits per heavy atom. The van der Waals surface area contributed by atoms with Gasteiger partial charge in [0.05, 0.1) is 0 Å². The average Bonchev–Trinajstić information content (AvgIpc) is 2.83. The fourth-order valence-corrected chi connectivity index (χ4v) is 2.82. The fraction of sp³-hybridized carbons (Fsp3) is 0.529. The van der Waals surface area contributed by atoms with E-state index < -0.39 is 5.92 Å². The van der Waals surface area contributed by atoms with Gasteiger partial charge in [-0.15, -0.1) is 0 Å². The van der Waals surface area contributed by atoms with Gasteiger partial charge in [-0.25, -0.2) is 4.39 Å². The first-order chi connectivity index (χ1) is 10.3. The largest absolute Gasteiger partial charge is 0.355 e. The van der Waals surface area contributed by atoms with Crippen molar-refractivity contribution in [3.05, 3.63) is 35.6 Å². The third-order valence-electron chi connectivity index (χ3n) is 4.20. The summed E-state index contributed by atoms with van der Waals surface area (Å²) in [4.78, 5) is 24.3. The van der Waals surface area contributed by atoms with Crippen LogP contribution in [0, 0.1) is 23.1 Å². The number of amides is 2. The lowest BCUT2D eigenvalue weighted by Crippen LogP contribution is -2.41. The van der Waals surface area contributed by atoms with E-state index in [1.54, 1.807) is 12.1 Å². The molecule has 4 nitrogen and oxygen atoms in total. The minimum Gasteiger partial charge on any atom is -0.355 e. The standard InChI is InChI=1S/C17H23FN2O2/c1-17(2,3)13-10-20-16(22)14(13)15(21)19-9-8-11-4-6-12(18)7-5-11/h4-7,13-14H,8-10H2,1-3H3,(H,19,21)(H,20,22)/t13-,14-/m0/s1. The molecule has 2 amide bonds. The molecule has 1 aromatic carbocycles. The number of nitrogens with one attached hydrogen (secondary N) is 2. The first kappa shape index (κ1) is 16.5. The summed E-state index contributed by atoms with van der Waals surface area (Å²) in [5.41, 5.74) is 0.836. The molecule has 0 radical (unpaired) electrons. The van der Waals surface area contributed by atoms with Gasteiger partial charge < -0.3 is 10.6 Å². The smallest absolute Gasteiger partial charge is 0.232 e. The van der Waals surface area contributed by atoms with Crippen LogP contribution in [-0.4, -0.2) is 24.9 Å². The molecule has 1 aromatic rings. The van der Waals surface area contributed by atoms with Crippen LogP contribution in [0.5, 0.6) is 0 Å². The Balaban J connectivity index is 1.91. The van der Waals surface area contributed by atoms with E-state index in [0.717, 1.165) is 5.56 Å². The highest BCUT2D eigenvalue weighted by Crippen LogP contribution is 2.35. The van der Waals surface area contributed by atoms with E-state index in [9.17, 15) is 14.0 Å². The molecule has 1 aliphatic heterocycles. The zero-order valence-corrected chi connectivity index (χ0v) is 13.3. The summed E-state index contributed by atoms with van der Waals surface area (Å²) in [6.07, 6.45) is 0.612. The molecule has 5 heteroatoms. The van der Waals surface area contributed by atoms with Crippen molar-refractivity contribution >= 4 is 11.8 Å². The van der Waals surface area contributed by atoms with Gasteiger partial charge in [-0.1, -0.05) is 32.9 Å². The molecule has 1 saturated heterocycles. The van der Waals surface area contributed by atoms with E-state index in [0.29, 0.717) is 19.5 Å². The van der Waals surface area contributed by atoms with Crippen LogP contribution < -0.4 is 10.6 Å². The van der Waals surface area contributed by atoms with Crippen LogP contribution in [0.2, 0.25) is 0 Å². The fourth-order valence-electron chi connectivity index (χ4n) is 2.82. The zero-order chi connectivity index (χ0) is 16.3. The molecular formula is C17H23FN2O2. The van der Waals surface area contributed by atoms with Gasteiger partial charge in [-0.2, -0.15) is 0 Å². The Bertz CT molecular complexity index is 549. The van der Waals surface area contributed by atoms with Crippen LogP contribution in [-0.2, 0) is 16.0 Å². The lowest BCUT2D eigenvalue weighted by molar-refractivity contribution is -0.135. The predicted octanol–water partition coefficient (Wildman–Crippen LogP) is 1.89. The van der Waals surface area contributed by atoms with Crippen molar-refractivity contribution in [1.82, 2.24) is 10.6 Å². The van der Waals surface area contributed by atoms with Crippen molar-refractivity contribution in [3.63, 3.8) is 0 Å². The van der Waals surface area contributed by atoms with Crippen molar-refractivity contribution < 1.29 is 14.0 Å². The Hall–Kier alpha value is -1.91. The second-order valence-electron chi connectivity index (χ2n) is 6.86. The normalized spacial score (nSPS) is 21.5. The summed E-state index contributed by atoms with van der Waals surface area (Å²) in [6, 6.07) is 6.19. The monoisotopic (exact) mass is 306 g/mol. The topological polar surface area (TPSA) is 58.2 Å². The molecule has 2 rings (SSSR count). The third-order valence-corrected chi connectivity index (χ3v) is 4.20. The molecule has 0 aliphatic carbocycles. The number of hydrogen-bond acceptors (Lipinski definition) is 2. The molecule has 0 bridgehead atoms. The predicted molar refractivity (Wildman–Crippen MR) is 82.6 cm³/mol. The molecule has 1 fully saturated rings. The van der Waals surface area contributed by atoms with Crippen molar-refractivity contribution in [2.45, 2.75) is 27.2 Å². The van der Waals surface area contributed by atoms with Gasteiger partial charge in [0.15, 0.2) is 0 Å². The Labute approximate surface area is 130 Å². The van der Waals surface area contributed by atoms with E-state index in [1.165, 1.54) is 12.1 Å². The molecular weight excluding hydrogens is 283 g/mol. The van der Waals surface area contributed by atoms with Crippen LogP contribution in [0.1, 0.15) is 26.3 Å². The second-order valence-corrected chi connectivity index (χ2v) is 6.86. The summed E-state index contributed by atoms with van der Waals surface area (Å²) in [5, 5.41) is 5.61. The Kier molecular flexibility index (Phi) is 4.84. The van der Waals surface area contributed by atoms with Crippen molar-refractivity contribution in [3.8, 4) is 0 Å². The number of carbonyl (C=O) groups excluding carboxylic acids is 2. The van der Waals surface area contributed by atoms with Crippen molar-refractivity contribution in [2.24, 2.45) is 17.3 Å². The maximum absolute atomic E-state index is 12.8. The molecule has 120 valence electrons. The number of hydrogen-bond donors (Lipinski definition) is 2. The number of benzene rings is 1. The molecule has 2 N–H and O–H groups in total. The van der Waals surface area contributed by atoms with Gasteiger partial charge >= 0.3 is 0 Å². The zero-order valence-electron chi connectivity index (χ0n) is 13.3. The maximum atomic E-state index is 12.8. The molecule has 0 aromatic heterocycles. The quantitative estimate of drug-likeness (QED) is 0.835.